The maximum atomic E-state index is 8.85. The van der Waals surface area contributed by atoms with Crippen LogP contribution < -0.4 is 16.4 Å². The lowest BCUT2D eigenvalue weighted by atomic mass is 10.1. The van der Waals surface area contributed by atoms with E-state index in [9.17, 15) is 0 Å². The van der Waals surface area contributed by atoms with Gasteiger partial charge >= 0.3 is 0 Å². The third-order valence-corrected chi connectivity index (χ3v) is 10.7. The summed E-state index contributed by atoms with van der Waals surface area (Å²) in [5.41, 5.74) is 13.8. The first kappa shape index (κ1) is 44.4. The van der Waals surface area contributed by atoms with E-state index in [1.165, 1.54) is 0 Å². The molecule has 0 unspecified atom stereocenters. The third-order valence-electron chi connectivity index (χ3n) is 9.58. The fraction of sp³-hybridized carbons (Fsp3) is 0.178. The number of aromatic amines is 1. The number of hydrogen-bond donors (Lipinski definition) is 4. The van der Waals surface area contributed by atoms with Gasteiger partial charge in [-0.05, 0) is 93.3 Å². The van der Waals surface area contributed by atoms with Gasteiger partial charge in [0.05, 0.1) is 45.1 Å². The number of aryl methyl sites for hydroxylation is 4. The van der Waals surface area contributed by atoms with Crippen LogP contribution in [0.4, 0.5) is 17.6 Å². The molecule has 14 nitrogen and oxygen atoms in total. The molecule has 63 heavy (non-hydrogen) atoms. The number of nitrogens with two attached hydrogens (primary N) is 1. The van der Waals surface area contributed by atoms with Crippen LogP contribution in [0.3, 0.4) is 0 Å². The number of H-pyrrole nitrogens is 1. The number of aromatic nitrogens is 10. The summed E-state index contributed by atoms with van der Waals surface area (Å²) in [5.74, 6) is 3.20. The van der Waals surface area contributed by atoms with E-state index in [1.54, 1.807) is 73.7 Å². The van der Waals surface area contributed by atoms with Crippen molar-refractivity contribution < 1.29 is 0 Å². The zero-order valence-corrected chi connectivity index (χ0v) is 37.1. The minimum atomic E-state index is 0.514. The largest absolute Gasteiger partial charge is 0.383 e. The Kier molecular flexibility index (Phi) is 14.8. The number of nitrogens with zero attached hydrogens (tertiary/aromatic N) is 10. The first-order valence-electron chi connectivity index (χ1n) is 19.7. The van der Waals surface area contributed by atoms with E-state index in [0.29, 0.717) is 80.0 Å². The lowest BCUT2D eigenvalue weighted by Gasteiger charge is -2.13. The Morgan fingerprint density at radius 3 is 2.13 bits per heavy atom. The Labute approximate surface area is 384 Å². The molecule has 0 aliphatic carbocycles. The van der Waals surface area contributed by atoms with Gasteiger partial charge in [-0.1, -0.05) is 52.5 Å². The molecule has 318 valence electrons. The molecule has 6 heterocycles. The molecular formula is C45H40Cl4N14. The van der Waals surface area contributed by atoms with Crippen LogP contribution in [0, 0.1) is 25.2 Å². The molecule has 0 aliphatic heterocycles. The monoisotopic (exact) mass is 916 g/mol. The maximum Gasteiger partial charge on any atom is 0.223 e. The van der Waals surface area contributed by atoms with Gasteiger partial charge < -0.3 is 25.9 Å². The van der Waals surface area contributed by atoms with Crippen LogP contribution in [-0.4, -0.2) is 62.5 Å². The van der Waals surface area contributed by atoms with E-state index in [1.807, 2.05) is 48.9 Å². The quantitative estimate of drug-likeness (QED) is 0.0754. The average Bonchev–Trinajstić information content (AvgIpc) is 3.98. The van der Waals surface area contributed by atoms with E-state index < -0.39 is 0 Å². The Bertz CT molecular complexity index is 2860. The highest BCUT2D eigenvalue weighted by Crippen LogP contribution is 2.35. The van der Waals surface area contributed by atoms with E-state index in [-0.39, 0.29) is 0 Å². The molecule has 2 aromatic carbocycles. The van der Waals surface area contributed by atoms with Gasteiger partial charge in [0.1, 0.15) is 35.0 Å². The van der Waals surface area contributed by atoms with Crippen molar-refractivity contribution in [3.63, 3.8) is 0 Å². The maximum absolute atomic E-state index is 8.85. The van der Waals surface area contributed by atoms with Crippen LogP contribution in [0.1, 0.15) is 41.2 Å². The van der Waals surface area contributed by atoms with Gasteiger partial charge in [0.15, 0.2) is 0 Å². The van der Waals surface area contributed by atoms with Gasteiger partial charge in [0.25, 0.3) is 0 Å². The Morgan fingerprint density at radius 1 is 0.730 bits per heavy atom. The summed E-state index contributed by atoms with van der Waals surface area (Å²) < 4.78 is 1.84. The number of benzene rings is 2. The molecule has 0 saturated carbocycles. The SMILES string of the molecule is Cc1ccc(CCCNc2ncc(-n3ccnc3)c(-c3ccc(Cl)cc3Cl)n2)nc1N.Cc1cnc(-c2cnc(CCCNc3ccc(C#N)cn3)nc2-c2ccc(Cl)cc2Cl)[nH]1. The van der Waals surface area contributed by atoms with E-state index >= 15 is 0 Å². The summed E-state index contributed by atoms with van der Waals surface area (Å²) >= 11 is 25.1. The van der Waals surface area contributed by atoms with Gasteiger partial charge in [0.2, 0.25) is 5.95 Å². The Balaban J connectivity index is 0.000000189. The van der Waals surface area contributed by atoms with Crippen molar-refractivity contribution >= 4 is 64.0 Å². The smallest absolute Gasteiger partial charge is 0.223 e. The molecule has 6 aromatic heterocycles. The number of nitriles is 1. The van der Waals surface area contributed by atoms with Crippen molar-refractivity contribution in [1.29, 1.82) is 5.26 Å². The zero-order chi connectivity index (χ0) is 44.3. The number of halogens is 4. The molecule has 0 fully saturated rings. The second-order valence-electron chi connectivity index (χ2n) is 14.2. The lowest BCUT2D eigenvalue weighted by molar-refractivity contribution is 0.800. The standard InChI is InChI=1S/C23H19Cl2N7.C22H21Cl2N7/c1-14-11-30-23(31-14)18-13-29-21(32-22(18)17-6-5-16(24)9-19(17)25)3-2-8-27-20-7-4-15(10-26)12-28-20;1-14-4-6-16(29-21(14)25)3-2-8-27-22-28-12-19(31-10-9-26-13-31)20(30-22)17-7-5-15(23)11-18(17)24/h4-7,9,11-13H,2-3,8H2,1H3,(H,27,28)(H,30,31);4-7,9-13H,2-3,8H2,1H3,(H2,25,29)(H,27,28,30). The van der Waals surface area contributed by atoms with Crippen LogP contribution in [0.2, 0.25) is 20.1 Å². The molecular weight excluding hydrogens is 878 g/mol. The van der Waals surface area contributed by atoms with Crippen molar-refractivity contribution in [2.45, 2.75) is 39.5 Å². The molecule has 0 saturated heterocycles. The first-order chi connectivity index (χ1) is 30.5. The van der Waals surface area contributed by atoms with Gasteiger partial charge in [-0.15, -0.1) is 0 Å². The summed E-state index contributed by atoms with van der Waals surface area (Å²) in [6.45, 7) is 5.27. The molecule has 8 aromatic rings. The van der Waals surface area contributed by atoms with E-state index in [2.05, 4.69) is 51.6 Å². The number of pyridine rings is 2. The number of nitrogen functional groups attached to an aromatic ring is 1. The second kappa shape index (κ2) is 21.0. The molecule has 0 aliphatic rings. The van der Waals surface area contributed by atoms with Crippen molar-refractivity contribution in [3.05, 3.63) is 153 Å². The summed E-state index contributed by atoms with van der Waals surface area (Å²) in [5, 5.41) is 17.5. The Hall–Kier alpha value is -6.63. The predicted octanol–water partition coefficient (Wildman–Crippen LogP) is 10.4. The molecule has 0 amide bonds. The molecule has 5 N–H and O–H groups in total. The van der Waals surface area contributed by atoms with Crippen LogP contribution in [-0.2, 0) is 12.8 Å². The molecule has 8 rings (SSSR count). The molecule has 0 spiro atoms. The summed E-state index contributed by atoms with van der Waals surface area (Å²) in [4.78, 5) is 38.9. The third kappa shape index (κ3) is 11.6. The van der Waals surface area contributed by atoms with Crippen molar-refractivity contribution in [2.24, 2.45) is 0 Å². The average molecular weight is 919 g/mol. The van der Waals surface area contributed by atoms with Crippen LogP contribution in [0.25, 0.3) is 39.6 Å². The fourth-order valence-electron chi connectivity index (χ4n) is 6.30. The second-order valence-corrected chi connectivity index (χ2v) is 15.9. The molecule has 0 radical (unpaired) electrons. The van der Waals surface area contributed by atoms with Crippen LogP contribution >= 0.6 is 46.4 Å². The highest BCUT2D eigenvalue weighted by Gasteiger charge is 2.18. The Morgan fingerprint density at radius 2 is 1.48 bits per heavy atom. The normalized spacial score (nSPS) is 10.8. The molecule has 0 atom stereocenters. The minimum Gasteiger partial charge on any atom is -0.383 e. The van der Waals surface area contributed by atoms with Crippen molar-refractivity contribution in [2.75, 3.05) is 29.5 Å². The van der Waals surface area contributed by atoms with Gasteiger partial charge in [-0.3, -0.25) is 0 Å². The summed E-state index contributed by atoms with van der Waals surface area (Å²) in [6, 6.07) is 20.3. The van der Waals surface area contributed by atoms with Crippen molar-refractivity contribution in [3.8, 4) is 45.7 Å². The number of hydrogen-bond acceptors (Lipinski definition) is 12. The van der Waals surface area contributed by atoms with Gasteiger partial charge in [-0.25, -0.2) is 39.9 Å². The van der Waals surface area contributed by atoms with Crippen LogP contribution in [0.5, 0.6) is 0 Å². The first-order valence-corrected chi connectivity index (χ1v) is 21.3. The van der Waals surface area contributed by atoms with Crippen molar-refractivity contribution in [1.82, 2.24) is 49.4 Å². The number of anilines is 3. The van der Waals surface area contributed by atoms with E-state index in [4.69, 9.17) is 67.4 Å². The number of nitrogens with one attached hydrogen (secondary N) is 3. The van der Waals surface area contributed by atoms with Gasteiger partial charge in [-0.2, -0.15) is 5.26 Å². The molecule has 0 bridgehead atoms. The fourth-order valence-corrected chi connectivity index (χ4v) is 7.30. The summed E-state index contributed by atoms with van der Waals surface area (Å²) in [7, 11) is 0. The highest BCUT2D eigenvalue weighted by molar-refractivity contribution is 6.37. The molecule has 18 heteroatoms. The number of rotatable bonds is 14. The zero-order valence-electron chi connectivity index (χ0n) is 34.1. The topological polar surface area (TPSA) is 198 Å². The van der Waals surface area contributed by atoms with Gasteiger partial charge in [0, 0.05) is 83.1 Å². The number of imidazole rings is 2. The predicted molar refractivity (Wildman–Crippen MR) is 250 cm³/mol. The summed E-state index contributed by atoms with van der Waals surface area (Å²) in [6.07, 6.45) is 15.2. The lowest BCUT2D eigenvalue weighted by Crippen LogP contribution is -2.09. The minimum absolute atomic E-state index is 0.514. The van der Waals surface area contributed by atoms with E-state index in [0.717, 1.165) is 64.4 Å². The highest BCUT2D eigenvalue weighted by atomic mass is 35.5. The van der Waals surface area contributed by atoms with Crippen LogP contribution in [0.15, 0.2) is 104 Å².